The number of nitrogens with zero attached hydrogens (tertiary/aromatic N) is 2. The van der Waals surface area contributed by atoms with Crippen LogP contribution in [0.3, 0.4) is 0 Å². The summed E-state index contributed by atoms with van der Waals surface area (Å²) in [6.07, 6.45) is 3.70. The smallest absolute Gasteiger partial charge is 0.0791 e. The molecule has 2 aliphatic heterocycles. The molecule has 0 aromatic carbocycles. The molecule has 2 fully saturated rings. The van der Waals surface area contributed by atoms with Crippen LogP contribution < -0.4 is 5.32 Å². The summed E-state index contributed by atoms with van der Waals surface area (Å²) in [5.74, 6) is 0.810. The first kappa shape index (κ1) is 16.2. The Balaban J connectivity index is 1.75. The number of aliphatic hydroxyl groups excluding tert-OH is 1. The minimum atomic E-state index is -0.257. The molecule has 0 saturated carbocycles. The van der Waals surface area contributed by atoms with E-state index in [9.17, 15) is 5.11 Å². The summed E-state index contributed by atoms with van der Waals surface area (Å²) >= 11 is 0. The second-order valence-electron chi connectivity index (χ2n) is 7.78. The van der Waals surface area contributed by atoms with Gasteiger partial charge in [-0.2, -0.15) is 0 Å². The van der Waals surface area contributed by atoms with Gasteiger partial charge in [0.05, 0.1) is 6.10 Å². The zero-order valence-corrected chi connectivity index (χ0v) is 13.7. The van der Waals surface area contributed by atoms with Crippen molar-refractivity contribution in [2.75, 3.05) is 39.8 Å². The second-order valence-corrected chi connectivity index (χ2v) is 7.78. The monoisotopic (exact) mass is 283 g/mol. The van der Waals surface area contributed by atoms with Crippen LogP contribution in [0.15, 0.2) is 0 Å². The lowest BCUT2D eigenvalue weighted by Crippen LogP contribution is -2.54. The number of hydrogen-bond acceptors (Lipinski definition) is 4. The number of hydrogen-bond donors (Lipinski definition) is 2. The molecule has 0 radical (unpaired) electrons. The SMILES string of the molecule is CN1CCCC2CN(CC(O)CNC(C)(C)C)CCC21. The van der Waals surface area contributed by atoms with E-state index < -0.39 is 0 Å². The molecule has 2 aliphatic rings. The summed E-state index contributed by atoms with van der Waals surface area (Å²) in [4.78, 5) is 5.01. The molecule has 0 amide bonds. The molecule has 3 unspecified atom stereocenters. The van der Waals surface area contributed by atoms with Gasteiger partial charge in [0, 0.05) is 31.2 Å². The third kappa shape index (κ3) is 4.69. The maximum Gasteiger partial charge on any atom is 0.0791 e. The average molecular weight is 283 g/mol. The van der Waals surface area contributed by atoms with E-state index in [2.05, 4.69) is 42.9 Å². The van der Waals surface area contributed by atoms with Gasteiger partial charge in [-0.1, -0.05) is 0 Å². The van der Waals surface area contributed by atoms with Crippen molar-refractivity contribution in [1.82, 2.24) is 15.1 Å². The Morgan fingerprint density at radius 2 is 2.00 bits per heavy atom. The van der Waals surface area contributed by atoms with Gasteiger partial charge in [0.25, 0.3) is 0 Å². The van der Waals surface area contributed by atoms with Gasteiger partial charge in [-0.05, 0) is 66.1 Å². The van der Waals surface area contributed by atoms with Crippen molar-refractivity contribution in [3.63, 3.8) is 0 Å². The van der Waals surface area contributed by atoms with Gasteiger partial charge in [0.15, 0.2) is 0 Å². The zero-order chi connectivity index (χ0) is 14.8. The lowest BCUT2D eigenvalue weighted by Gasteiger charge is -2.46. The van der Waals surface area contributed by atoms with Crippen molar-refractivity contribution < 1.29 is 5.11 Å². The molecule has 3 atom stereocenters. The van der Waals surface area contributed by atoms with E-state index in [0.717, 1.165) is 25.0 Å². The second kappa shape index (κ2) is 6.73. The normalized spacial score (nSPS) is 31.1. The van der Waals surface area contributed by atoms with E-state index in [1.165, 1.54) is 32.4 Å². The highest BCUT2D eigenvalue weighted by Crippen LogP contribution is 2.29. The average Bonchev–Trinajstić information content (AvgIpc) is 2.36. The number of β-amino-alcohol motifs (C(OH)–C–C–N with tert-alkyl or cyclic N) is 1. The Labute approximate surface area is 124 Å². The standard InChI is InChI=1S/C16H33N3O/c1-16(2,3)17-10-14(20)12-19-9-7-15-13(11-19)6-5-8-18(15)4/h13-15,17,20H,5-12H2,1-4H3. The Kier molecular flexibility index (Phi) is 5.46. The number of nitrogens with one attached hydrogen (secondary N) is 1. The molecule has 0 aliphatic carbocycles. The maximum atomic E-state index is 10.2. The third-order valence-corrected chi connectivity index (χ3v) is 4.77. The first-order valence-corrected chi connectivity index (χ1v) is 8.21. The molecule has 2 heterocycles. The quantitative estimate of drug-likeness (QED) is 0.812. The van der Waals surface area contributed by atoms with Gasteiger partial charge in [0.1, 0.15) is 0 Å². The summed E-state index contributed by atoms with van der Waals surface area (Å²) in [6, 6.07) is 0.782. The largest absolute Gasteiger partial charge is 0.390 e. The molecule has 20 heavy (non-hydrogen) atoms. The van der Waals surface area contributed by atoms with Crippen LogP contribution >= 0.6 is 0 Å². The zero-order valence-electron chi connectivity index (χ0n) is 13.7. The fourth-order valence-electron chi connectivity index (χ4n) is 3.68. The van der Waals surface area contributed by atoms with E-state index in [4.69, 9.17) is 0 Å². The van der Waals surface area contributed by atoms with Gasteiger partial charge in [0.2, 0.25) is 0 Å². The predicted octanol–water partition coefficient (Wildman–Crippen LogP) is 1.15. The Bertz CT molecular complexity index is 303. The van der Waals surface area contributed by atoms with Crippen LogP contribution in [0, 0.1) is 5.92 Å². The van der Waals surface area contributed by atoms with E-state index >= 15 is 0 Å². The van der Waals surface area contributed by atoms with Gasteiger partial charge in [-0.3, -0.25) is 0 Å². The van der Waals surface area contributed by atoms with E-state index in [0.29, 0.717) is 6.54 Å². The van der Waals surface area contributed by atoms with Crippen LogP contribution in [0.1, 0.15) is 40.0 Å². The van der Waals surface area contributed by atoms with Crippen LogP contribution in [-0.2, 0) is 0 Å². The topological polar surface area (TPSA) is 38.7 Å². The Morgan fingerprint density at radius 1 is 1.25 bits per heavy atom. The van der Waals surface area contributed by atoms with Crippen molar-refractivity contribution in [2.24, 2.45) is 5.92 Å². The Hall–Kier alpha value is -0.160. The molecule has 118 valence electrons. The fourth-order valence-corrected chi connectivity index (χ4v) is 3.68. The molecule has 4 heteroatoms. The summed E-state index contributed by atoms with van der Waals surface area (Å²) in [5.41, 5.74) is 0.0834. The molecule has 2 N–H and O–H groups in total. The summed E-state index contributed by atoms with van der Waals surface area (Å²) < 4.78 is 0. The third-order valence-electron chi connectivity index (χ3n) is 4.77. The number of aliphatic hydroxyl groups is 1. The van der Waals surface area contributed by atoms with Crippen LogP contribution in [0.2, 0.25) is 0 Å². The first-order valence-electron chi connectivity index (χ1n) is 8.21. The highest BCUT2D eigenvalue weighted by atomic mass is 16.3. The van der Waals surface area contributed by atoms with Crippen LogP contribution in [0.4, 0.5) is 0 Å². The molecule has 0 spiro atoms. The minimum Gasteiger partial charge on any atom is -0.390 e. The van der Waals surface area contributed by atoms with Gasteiger partial charge in [-0.25, -0.2) is 0 Å². The molecule has 0 aromatic rings. The molecule has 2 rings (SSSR count). The van der Waals surface area contributed by atoms with E-state index in [-0.39, 0.29) is 11.6 Å². The number of piperidine rings is 2. The van der Waals surface area contributed by atoms with Gasteiger partial charge < -0.3 is 20.2 Å². The summed E-state index contributed by atoms with van der Waals surface area (Å²) in [7, 11) is 2.27. The minimum absolute atomic E-state index is 0.0834. The lowest BCUT2D eigenvalue weighted by atomic mass is 9.84. The Morgan fingerprint density at radius 3 is 2.70 bits per heavy atom. The van der Waals surface area contributed by atoms with Gasteiger partial charge in [-0.15, -0.1) is 0 Å². The van der Waals surface area contributed by atoms with Crippen molar-refractivity contribution in [1.29, 1.82) is 0 Å². The molecule has 0 aromatic heterocycles. The first-order chi connectivity index (χ1) is 9.35. The van der Waals surface area contributed by atoms with E-state index in [1.807, 2.05) is 0 Å². The predicted molar refractivity (Wildman–Crippen MR) is 84.0 cm³/mol. The van der Waals surface area contributed by atoms with Crippen molar-refractivity contribution >= 4 is 0 Å². The molecule has 2 saturated heterocycles. The van der Waals surface area contributed by atoms with Crippen molar-refractivity contribution in [3.8, 4) is 0 Å². The number of fused-ring (bicyclic) bond motifs is 1. The summed E-state index contributed by atoms with van der Waals surface area (Å²) in [5, 5.41) is 13.6. The molecular formula is C16H33N3O. The molecule has 0 bridgehead atoms. The number of rotatable bonds is 4. The van der Waals surface area contributed by atoms with Crippen LogP contribution in [0.5, 0.6) is 0 Å². The highest BCUT2D eigenvalue weighted by Gasteiger charge is 2.34. The van der Waals surface area contributed by atoms with Crippen LogP contribution in [-0.4, -0.2) is 72.4 Å². The molecular weight excluding hydrogens is 250 g/mol. The van der Waals surface area contributed by atoms with Crippen molar-refractivity contribution in [2.45, 2.75) is 57.7 Å². The van der Waals surface area contributed by atoms with E-state index in [1.54, 1.807) is 0 Å². The maximum absolute atomic E-state index is 10.2. The van der Waals surface area contributed by atoms with Gasteiger partial charge >= 0.3 is 0 Å². The fraction of sp³-hybridized carbons (Fsp3) is 1.00. The number of likely N-dealkylation sites (tertiary alicyclic amines) is 2. The molecule has 4 nitrogen and oxygen atoms in total. The van der Waals surface area contributed by atoms with Crippen molar-refractivity contribution in [3.05, 3.63) is 0 Å². The lowest BCUT2D eigenvalue weighted by molar-refractivity contribution is 0.0170. The van der Waals surface area contributed by atoms with Crippen LogP contribution in [0.25, 0.3) is 0 Å². The highest BCUT2D eigenvalue weighted by molar-refractivity contribution is 4.90. The summed E-state index contributed by atoms with van der Waals surface area (Å²) in [6.45, 7) is 11.5.